The first kappa shape index (κ1) is 7.29. The highest BCUT2D eigenvalue weighted by molar-refractivity contribution is 5.87. The van der Waals surface area contributed by atoms with Gasteiger partial charge in [-0.3, -0.25) is 4.99 Å². The molecule has 1 heterocycles. The van der Waals surface area contributed by atoms with Crippen LogP contribution in [0.5, 0.6) is 0 Å². The minimum Gasteiger partial charge on any atom is -0.287 e. The molecule has 1 radical (unpaired) electrons. The lowest BCUT2D eigenvalue weighted by Crippen LogP contribution is -1.98. The van der Waals surface area contributed by atoms with Crippen molar-refractivity contribution in [3.05, 3.63) is 54.1 Å². The van der Waals surface area contributed by atoms with Crippen LogP contribution in [0.2, 0.25) is 0 Å². The summed E-state index contributed by atoms with van der Waals surface area (Å²) < 4.78 is 0. The van der Waals surface area contributed by atoms with Gasteiger partial charge >= 0.3 is 0 Å². The van der Waals surface area contributed by atoms with Gasteiger partial charge in [-0.25, -0.2) is 0 Å². The molecule has 0 amide bonds. The fourth-order valence-electron chi connectivity index (χ4n) is 1.26. The topological polar surface area (TPSA) is 12.4 Å². The highest BCUT2D eigenvalue weighted by Crippen LogP contribution is 2.20. The van der Waals surface area contributed by atoms with Gasteiger partial charge < -0.3 is 0 Å². The molecule has 0 spiro atoms. The summed E-state index contributed by atoms with van der Waals surface area (Å²) in [5.41, 5.74) is 2.56. The third-order valence-corrected chi connectivity index (χ3v) is 1.91. The molecular weight excluding hydrogens is 146 g/mol. The molecule has 12 heavy (non-hydrogen) atoms. The second-order valence-electron chi connectivity index (χ2n) is 2.75. The molecule has 1 nitrogen and oxygen atoms in total. The van der Waals surface area contributed by atoms with Crippen molar-refractivity contribution >= 4 is 6.21 Å². The standard InChI is InChI=1S/C11H10N/c1-2-4-6-11-9-12-8-7-10(11)5-3-1/h1-6,8-9H,7H2/b2-1?,3-1-,4-2-,5-3?,6-4?,10-5-,11-6-. The van der Waals surface area contributed by atoms with Gasteiger partial charge in [0.25, 0.3) is 0 Å². The lowest BCUT2D eigenvalue weighted by molar-refractivity contribution is 1.08. The van der Waals surface area contributed by atoms with Gasteiger partial charge in [0, 0.05) is 6.21 Å². The lowest BCUT2D eigenvalue weighted by Gasteiger charge is -2.10. The van der Waals surface area contributed by atoms with Crippen molar-refractivity contribution in [2.45, 2.75) is 6.42 Å². The molecule has 0 atom stereocenters. The smallest absolute Gasteiger partial charge is 0.0766 e. The molecule has 0 saturated carbocycles. The Morgan fingerprint density at radius 1 is 1.00 bits per heavy atom. The predicted molar refractivity (Wildman–Crippen MR) is 51.9 cm³/mol. The molecule has 0 aromatic heterocycles. The zero-order chi connectivity index (χ0) is 8.23. The maximum absolute atomic E-state index is 4.12. The fourth-order valence-corrected chi connectivity index (χ4v) is 1.26. The first-order valence-electron chi connectivity index (χ1n) is 4.06. The molecule has 0 aromatic carbocycles. The fraction of sp³-hybridized carbons (Fsp3) is 0.0909. The lowest BCUT2D eigenvalue weighted by atomic mass is 9.99. The van der Waals surface area contributed by atoms with E-state index in [2.05, 4.69) is 23.2 Å². The zero-order valence-corrected chi connectivity index (χ0v) is 6.77. The number of hydrogen-bond donors (Lipinski definition) is 0. The molecule has 59 valence electrons. The highest BCUT2D eigenvalue weighted by atomic mass is 14.7. The van der Waals surface area contributed by atoms with E-state index >= 15 is 0 Å². The monoisotopic (exact) mass is 156 g/mol. The normalized spacial score (nSPS) is 34.7. The van der Waals surface area contributed by atoms with Gasteiger partial charge in [-0.05, 0) is 17.6 Å². The molecule has 1 heteroatoms. The van der Waals surface area contributed by atoms with Crippen LogP contribution < -0.4 is 0 Å². The van der Waals surface area contributed by atoms with E-state index in [0.717, 1.165) is 6.42 Å². The number of aliphatic imine (C=N–C) groups is 1. The molecule has 2 aliphatic rings. The maximum Gasteiger partial charge on any atom is 0.0766 e. The van der Waals surface area contributed by atoms with Gasteiger partial charge in [0.1, 0.15) is 0 Å². The van der Waals surface area contributed by atoms with Crippen LogP contribution >= 0.6 is 0 Å². The number of allylic oxidation sites excluding steroid dienone is 7. The first-order valence-corrected chi connectivity index (χ1v) is 4.06. The molecule has 0 fully saturated rings. The van der Waals surface area contributed by atoms with Crippen molar-refractivity contribution in [2.24, 2.45) is 4.99 Å². The Labute approximate surface area is 72.5 Å². The molecule has 0 unspecified atom stereocenters. The predicted octanol–water partition coefficient (Wildman–Crippen LogP) is 2.60. The minimum absolute atomic E-state index is 0.945. The van der Waals surface area contributed by atoms with E-state index in [1.54, 1.807) is 0 Å². The van der Waals surface area contributed by atoms with Crippen LogP contribution in [0.3, 0.4) is 0 Å². The minimum atomic E-state index is 0.945. The van der Waals surface area contributed by atoms with Crippen LogP contribution in [0, 0.1) is 6.54 Å². The van der Waals surface area contributed by atoms with Gasteiger partial charge in [-0.2, -0.15) is 0 Å². The number of nitrogens with zero attached hydrogens (tertiary/aromatic N) is 1. The van der Waals surface area contributed by atoms with E-state index < -0.39 is 0 Å². The Morgan fingerprint density at radius 3 is 2.75 bits per heavy atom. The van der Waals surface area contributed by atoms with E-state index in [1.165, 1.54) is 11.1 Å². The largest absolute Gasteiger partial charge is 0.287 e. The molecule has 0 saturated heterocycles. The SMILES string of the molecule is [CH]1CC2=C/C=C\C=C/C=C\2C=N1. The van der Waals surface area contributed by atoms with Crippen LogP contribution in [-0.2, 0) is 0 Å². The summed E-state index contributed by atoms with van der Waals surface area (Å²) >= 11 is 0. The maximum atomic E-state index is 4.12. The van der Waals surface area contributed by atoms with E-state index in [9.17, 15) is 0 Å². The van der Waals surface area contributed by atoms with Crippen molar-refractivity contribution in [3.63, 3.8) is 0 Å². The molecular formula is C11H10N. The Hall–Kier alpha value is -1.37. The summed E-state index contributed by atoms with van der Waals surface area (Å²) in [6.07, 6.45) is 15.2. The summed E-state index contributed by atoms with van der Waals surface area (Å²) in [5.74, 6) is 0. The molecule has 1 aliphatic heterocycles. The Balaban J connectivity index is 2.39. The second kappa shape index (κ2) is 3.35. The summed E-state index contributed by atoms with van der Waals surface area (Å²) in [5, 5.41) is 0. The van der Waals surface area contributed by atoms with Crippen molar-refractivity contribution in [2.75, 3.05) is 0 Å². The van der Waals surface area contributed by atoms with Crippen LogP contribution in [0.15, 0.2) is 52.6 Å². The molecule has 0 N–H and O–H groups in total. The van der Waals surface area contributed by atoms with Crippen LogP contribution in [0.4, 0.5) is 0 Å². The molecule has 2 rings (SSSR count). The van der Waals surface area contributed by atoms with Crippen molar-refractivity contribution in [1.29, 1.82) is 0 Å². The summed E-state index contributed by atoms with van der Waals surface area (Å²) in [6, 6.07) is 0. The third-order valence-electron chi connectivity index (χ3n) is 1.91. The summed E-state index contributed by atoms with van der Waals surface area (Å²) in [7, 11) is 0. The van der Waals surface area contributed by atoms with Gasteiger partial charge in [0.05, 0.1) is 6.54 Å². The van der Waals surface area contributed by atoms with Crippen LogP contribution in [0.1, 0.15) is 6.42 Å². The van der Waals surface area contributed by atoms with Crippen LogP contribution in [-0.4, -0.2) is 6.21 Å². The Bertz CT molecular complexity index is 314. The van der Waals surface area contributed by atoms with Crippen molar-refractivity contribution < 1.29 is 0 Å². The van der Waals surface area contributed by atoms with Crippen LogP contribution in [0.25, 0.3) is 0 Å². The zero-order valence-electron chi connectivity index (χ0n) is 6.77. The number of hydrogen-bond acceptors (Lipinski definition) is 1. The average Bonchev–Trinajstić information content (AvgIpc) is 2.06. The van der Waals surface area contributed by atoms with Crippen molar-refractivity contribution in [1.82, 2.24) is 0 Å². The summed E-state index contributed by atoms with van der Waals surface area (Å²) in [6.45, 7) is 1.93. The molecule has 1 aliphatic carbocycles. The van der Waals surface area contributed by atoms with Gasteiger partial charge in [-0.1, -0.05) is 36.5 Å². The second-order valence-corrected chi connectivity index (χ2v) is 2.75. The summed E-state index contributed by atoms with van der Waals surface area (Å²) in [4.78, 5) is 4.12. The van der Waals surface area contributed by atoms with E-state index in [0.29, 0.717) is 0 Å². The van der Waals surface area contributed by atoms with E-state index in [-0.39, 0.29) is 0 Å². The highest BCUT2D eigenvalue weighted by Gasteiger charge is 2.05. The van der Waals surface area contributed by atoms with Crippen molar-refractivity contribution in [3.8, 4) is 0 Å². The number of fused-ring (bicyclic) bond motifs is 1. The van der Waals surface area contributed by atoms with Gasteiger partial charge in [0.15, 0.2) is 0 Å². The van der Waals surface area contributed by atoms with Gasteiger partial charge in [-0.15, -0.1) is 0 Å². The number of rotatable bonds is 0. The molecule has 0 aromatic rings. The third kappa shape index (κ3) is 1.45. The quantitative estimate of drug-likeness (QED) is 0.511. The first-order chi connectivity index (χ1) is 5.97. The Morgan fingerprint density at radius 2 is 1.83 bits per heavy atom. The van der Waals surface area contributed by atoms with E-state index in [1.807, 2.05) is 31.0 Å². The average molecular weight is 156 g/mol. The molecule has 0 bridgehead atoms. The van der Waals surface area contributed by atoms with Gasteiger partial charge in [0.2, 0.25) is 0 Å². The Kier molecular flexibility index (Phi) is 2.04. The van der Waals surface area contributed by atoms with E-state index in [4.69, 9.17) is 0 Å².